The predicted octanol–water partition coefficient (Wildman–Crippen LogP) is 0.719. The van der Waals surface area contributed by atoms with E-state index in [2.05, 4.69) is 4.74 Å². The summed E-state index contributed by atoms with van der Waals surface area (Å²) in [5.74, 6) is 0.00927. The van der Waals surface area contributed by atoms with Crippen molar-refractivity contribution in [3.63, 3.8) is 0 Å². The molecule has 0 aromatic heterocycles. The highest BCUT2D eigenvalue weighted by Gasteiger charge is 2.41. The largest absolute Gasteiger partial charge is 0.411 e. The second-order valence-electron chi connectivity index (χ2n) is 4.46. The first-order valence-corrected chi connectivity index (χ1v) is 7.05. The summed E-state index contributed by atoms with van der Waals surface area (Å²) in [5, 5.41) is 0. The highest BCUT2D eigenvalue weighted by molar-refractivity contribution is 7.91. The van der Waals surface area contributed by atoms with Crippen molar-refractivity contribution in [1.29, 1.82) is 0 Å². The Hall–Kier alpha value is -0.340. The first-order valence-electron chi connectivity index (χ1n) is 5.23. The van der Waals surface area contributed by atoms with Crippen LogP contribution in [0.15, 0.2) is 0 Å². The molecule has 4 nitrogen and oxygen atoms in total. The van der Waals surface area contributed by atoms with E-state index in [1.807, 2.05) is 0 Å². The van der Waals surface area contributed by atoms with Gasteiger partial charge in [0.05, 0.1) is 11.5 Å². The second-order valence-corrected chi connectivity index (χ2v) is 6.65. The number of halogens is 3. The van der Waals surface area contributed by atoms with E-state index >= 15 is 0 Å². The van der Waals surface area contributed by atoms with Gasteiger partial charge in [0.15, 0.2) is 9.84 Å². The third kappa shape index (κ3) is 4.81. The van der Waals surface area contributed by atoms with Crippen molar-refractivity contribution >= 4 is 9.84 Å². The molecule has 1 atom stereocenters. The Morgan fingerprint density at radius 1 is 1.35 bits per heavy atom. The maximum Gasteiger partial charge on any atom is 0.411 e. The number of rotatable bonds is 5. The van der Waals surface area contributed by atoms with Crippen LogP contribution in [0, 0.1) is 5.41 Å². The Morgan fingerprint density at radius 2 is 2.00 bits per heavy atom. The van der Waals surface area contributed by atoms with Crippen LogP contribution in [0.25, 0.3) is 0 Å². The minimum atomic E-state index is -4.35. The summed E-state index contributed by atoms with van der Waals surface area (Å²) in [5.41, 5.74) is 4.91. The molecule has 0 amide bonds. The smallest absolute Gasteiger partial charge is 0.372 e. The standard InChI is InChI=1S/C9H16F3NO3S/c10-9(11,12)6-16-3-1-8(5-13)2-4-17(14,15)7-8/h1-7,13H2. The Balaban J connectivity index is 2.39. The molecule has 0 aliphatic carbocycles. The molecule has 8 heteroatoms. The lowest BCUT2D eigenvalue weighted by Gasteiger charge is -2.25. The molecule has 1 aliphatic heterocycles. The van der Waals surface area contributed by atoms with E-state index in [0.29, 0.717) is 6.42 Å². The lowest BCUT2D eigenvalue weighted by atomic mass is 9.84. The van der Waals surface area contributed by atoms with Gasteiger partial charge in [0.25, 0.3) is 0 Å². The summed E-state index contributed by atoms with van der Waals surface area (Å²) in [4.78, 5) is 0. The summed E-state index contributed by atoms with van der Waals surface area (Å²) < 4.78 is 62.6. The maximum atomic E-state index is 11.8. The molecule has 0 radical (unpaired) electrons. The van der Waals surface area contributed by atoms with Gasteiger partial charge in [-0.05, 0) is 24.8 Å². The molecule has 1 rings (SSSR count). The van der Waals surface area contributed by atoms with E-state index in [1.165, 1.54) is 0 Å². The molecule has 102 valence electrons. The number of ether oxygens (including phenoxy) is 1. The summed E-state index contributed by atoms with van der Waals surface area (Å²) in [6.07, 6.45) is -3.70. The molecule has 0 aromatic rings. The topological polar surface area (TPSA) is 69.4 Å². The third-order valence-corrected chi connectivity index (χ3v) is 4.82. The van der Waals surface area contributed by atoms with Crippen LogP contribution in [0.5, 0.6) is 0 Å². The van der Waals surface area contributed by atoms with Crippen molar-refractivity contribution in [3.05, 3.63) is 0 Å². The predicted molar refractivity (Wildman–Crippen MR) is 56.2 cm³/mol. The van der Waals surface area contributed by atoms with Crippen molar-refractivity contribution in [3.8, 4) is 0 Å². The molecule has 1 unspecified atom stereocenters. The molecular formula is C9H16F3NO3S. The minimum absolute atomic E-state index is 0.0497. The van der Waals surface area contributed by atoms with Crippen LogP contribution in [-0.4, -0.2) is 45.9 Å². The van der Waals surface area contributed by atoms with Gasteiger partial charge in [-0.3, -0.25) is 0 Å². The van der Waals surface area contributed by atoms with Crippen molar-refractivity contribution in [2.45, 2.75) is 19.0 Å². The Labute approximate surface area is 98.2 Å². The summed E-state index contributed by atoms with van der Waals surface area (Å²) in [6.45, 7) is -1.27. The van der Waals surface area contributed by atoms with Gasteiger partial charge in [-0.25, -0.2) is 8.42 Å². The quantitative estimate of drug-likeness (QED) is 0.751. The number of sulfone groups is 1. The summed E-state index contributed by atoms with van der Waals surface area (Å²) in [6, 6.07) is 0. The lowest BCUT2D eigenvalue weighted by molar-refractivity contribution is -0.175. The molecule has 1 aliphatic rings. The molecule has 17 heavy (non-hydrogen) atoms. The van der Waals surface area contributed by atoms with Crippen LogP contribution in [0.1, 0.15) is 12.8 Å². The fourth-order valence-corrected chi connectivity index (χ4v) is 4.15. The van der Waals surface area contributed by atoms with Crippen LogP contribution in [0.3, 0.4) is 0 Å². The first-order chi connectivity index (χ1) is 7.68. The molecule has 0 spiro atoms. The zero-order valence-electron chi connectivity index (χ0n) is 9.29. The van der Waals surface area contributed by atoms with Gasteiger partial charge in [-0.1, -0.05) is 0 Å². The van der Waals surface area contributed by atoms with Crippen LogP contribution >= 0.6 is 0 Å². The third-order valence-electron chi connectivity index (χ3n) is 2.94. The van der Waals surface area contributed by atoms with Gasteiger partial charge in [0, 0.05) is 6.61 Å². The zero-order valence-corrected chi connectivity index (χ0v) is 10.1. The fourth-order valence-electron chi connectivity index (χ4n) is 1.92. The summed E-state index contributed by atoms with van der Waals surface area (Å²) in [7, 11) is -3.09. The Kier molecular flexibility index (Phi) is 4.43. The van der Waals surface area contributed by atoms with E-state index in [9.17, 15) is 21.6 Å². The van der Waals surface area contributed by atoms with Crippen molar-refractivity contribution < 1.29 is 26.3 Å². The van der Waals surface area contributed by atoms with Crippen LogP contribution < -0.4 is 5.73 Å². The van der Waals surface area contributed by atoms with Crippen LogP contribution in [-0.2, 0) is 14.6 Å². The van der Waals surface area contributed by atoms with Crippen molar-refractivity contribution in [2.24, 2.45) is 11.1 Å². The first kappa shape index (κ1) is 14.7. The molecule has 0 bridgehead atoms. The number of hydrogen-bond donors (Lipinski definition) is 1. The highest BCUT2D eigenvalue weighted by atomic mass is 32.2. The van der Waals surface area contributed by atoms with Crippen LogP contribution in [0.2, 0.25) is 0 Å². The number of alkyl halides is 3. The second kappa shape index (κ2) is 5.11. The maximum absolute atomic E-state index is 11.8. The van der Waals surface area contributed by atoms with Crippen LogP contribution in [0.4, 0.5) is 13.2 Å². The van der Waals surface area contributed by atoms with Gasteiger partial charge >= 0.3 is 6.18 Å². The van der Waals surface area contributed by atoms with Gasteiger partial charge in [0.1, 0.15) is 6.61 Å². The fraction of sp³-hybridized carbons (Fsp3) is 1.00. The Morgan fingerprint density at radius 3 is 2.41 bits per heavy atom. The minimum Gasteiger partial charge on any atom is -0.372 e. The van der Waals surface area contributed by atoms with E-state index in [0.717, 1.165) is 0 Å². The van der Waals surface area contributed by atoms with E-state index in [4.69, 9.17) is 5.73 Å². The van der Waals surface area contributed by atoms with E-state index in [1.54, 1.807) is 0 Å². The number of nitrogens with two attached hydrogens (primary N) is 1. The molecule has 2 N–H and O–H groups in total. The SMILES string of the molecule is NCC1(CCOCC(F)(F)F)CCS(=O)(=O)C1. The molecule has 1 heterocycles. The lowest BCUT2D eigenvalue weighted by Crippen LogP contribution is -2.33. The average molecular weight is 275 g/mol. The summed E-state index contributed by atoms with van der Waals surface area (Å²) >= 11 is 0. The van der Waals surface area contributed by atoms with Gasteiger partial charge in [0.2, 0.25) is 0 Å². The highest BCUT2D eigenvalue weighted by Crippen LogP contribution is 2.34. The molecule has 0 saturated carbocycles. The molecule has 1 saturated heterocycles. The van der Waals surface area contributed by atoms with Gasteiger partial charge < -0.3 is 10.5 Å². The van der Waals surface area contributed by atoms with E-state index in [-0.39, 0.29) is 31.1 Å². The molecular weight excluding hydrogens is 259 g/mol. The molecule has 0 aromatic carbocycles. The van der Waals surface area contributed by atoms with Crippen molar-refractivity contribution in [1.82, 2.24) is 0 Å². The monoisotopic (exact) mass is 275 g/mol. The van der Waals surface area contributed by atoms with Crippen molar-refractivity contribution in [2.75, 3.05) is 31.3 Å². The van der Waals surface area contributed by atoms with Gasteiger partial charge in [-0.2, -0.15) is 13.2 Å². The average Bonchev–Trinajstić information content (AvgIpc) is 2.49. The Bertz CT molecular complexity index is 355. The normalized spacial score (nSPS) is 28.5. The van der Waals surface area contributed by atoms with Gasteiger partial charge in [-0.15, -0.1) is 0 Å². The van der Waals surface area contributed by atoms with E-state index < -0.39 is 28.0 Å². The number of hydrogen-bond acceptors (Lipinski definition) is 4. The molecule has 1 fully saturated rings. The zero-order chi connectivity index (χ0) is 13.2.